The molecule has 7 nitrogen and oxygen atoms in total. The van der Waals surface area contributed by atoms with Crippen LogP contribution in [0.25, 0.3) is 5.52 Å². The number of aliphatic hydroxyl groups is 1. The second-order valence-electron chi connectivity index (χ2n) is 5.26. The number of carbonyl (C=O) groups excluding carboxylic acids is 1. The fourth-order valence-electron chi connectivity index (χ4n) is 2.65. The van der Waals surface area contributed by atoms with E-state index in [4.69, 9.17) is 5.11 Å². The largest absolute Gasteiger partial charge is 0.479 e. The van der Waals surface area contributed by atoms with E-state index in [1.54, 1.807) is 28.9 Å². The van der Waals surface area contributed by atoms with Gasteiger partial charge in [0.1, 0.15) is 0 Å². The average molecular weight is 289 g/mol. The van der Waals surface area contributed by atoms with E-state index in [0.717, 1.165) is 0 Å². The van der Waals surface area contributed by atoms with Crippen molar-refractivity contribution < 1.29 is 19.8 Å². The van der Waals surface area contributed by atoms with E-state index in [1.165, 1.54) is 11.1 Å². The van der Waals surface area contributed by atoms with Gasteiger partial charge < -0.3 is 15.1 Å². The molecule has 1 aliphatic rings. The highest BCUT2D eigenvalue weighted by Gasteiger charge is 2.42. The number of aliphatic carboxylic acids is 1. The van der Waals surface area contributed by atoms with Gasteiger partial charge in [-0.25, -0.2) is 9.31 Å². The van der Waals surface area contributed by atoms with Crippen LogP contribution in [0.15, 0.2) is 30.6 Å². The van der Waals surface area contributed by atoms with Crippen LogP contribution in [-0.2, 0) is 4.79 Å². The van der Waals surface area contributed by atoms with E-state index in [0.29, 0.717) is 24.0 Å². The number of nitrogens with zero attached hydrogens (tertiary/aromatic N) is 3. The van der Waals surface area contributed by atoms with Gasteiger partial charge in [0.05, 0.1) is 23.8 Å². The van der Waals surface area contributed by atoms with Gasteiger partial charge in [-0.05, 0) is 25.0 Å². The maximum Gasteiger partial charge on any atom is 0.337 e. The molecule has 1 aliphatic heterocycles. The first-order valence-electron chi connectivity index (χ1n) is 6.69. The lowest BCUT2D eigenvalue weighted by atomic mass is 9.92. The number of carboxylic acid groups (broad SMARTS) is 1. The molecule has 21 heavy (non-hydrogen) atoms. The Hall–Kier alpha value is -2.41. The molecule has 1 atom stereocenters. The predicted molar refractivity (Wildman–Crippen MR) is 72.9 cm³/mol. The molecule has 0 saturated carbocycles. The number of carboxylic acids is 1. The van der Waals surface area contributed by atoms with Crippen LogP contribution in [0, 0.1) is 0 Å². The molecule has 3 heterocycles. The molecule has 0 aliphatic carbocycles. The van der Waals surface area contributed by atoms with Crippen LogP contribution in [0.3, 0.4) is 0 Å². The van der Waals surface area contributed by atoms with Gasteiger partial charge in [0.2, 0.25) is 0 Å². The topological polar surface area (TPSA) is 95.1 Å². The van der Waals surface area contributed by atoms with E-state index in [2.05, 4.69) is 5.10 Å². The maximum atomic E-state index is 12.6. The third kappa shape index (κ3) is 2.25. The van der Waals surface area contributed by atoms with Crippen LogP contribution in [-0.4, -0.2) is 55.3 Å². The first-order valence-corrected chi connectivity index (χ1v) is 6.69. The summed E-state index contributed by atoms with van der Waals surface area (Å²) in [6, 6.07) is 5.38. The summed E-state index contributed by atoms with van der Waals surface area (Å²) >= 11 is 0. The van der Waals surface area contributed by atoms with Crippen LogP contribution in [0.1, 0.15) is 23.2 Å². The molecule has 2 aromatic heterocycles. The molecule has 3 rings (SSSR count). The first kappa shape index (κ1) is 13.6. The number of rotatable bonds is 2. The minimum absolute atomic E-state index is 0.154. The summed E-state index contributed by atoms with van der Waals surface area (Å²) in [5, 5.41) is 23.3. The summed E-state index contributed by atoms with van der Waals surface area (Å²) in [7, 11) is 0. The molecule has 2 aromatic rings. The van der Waals surface area contributed by atoms with Crippen molar-refractivity contribution in [2.24, 2.45) is 0 Å². The Morgan fingerprint density at radius 2 is 2.14 bits per heavy atom. The Balaban J connectivity index is 1.90. The van der Waals surface area contributed by atoms with Crippen molar-refractivity contribution in [1.29, 1.82) is 0 Å². The molecule has 0 bridgehead atoms. The Morgan fingerprint density at radius 3 is 2.90 bits per heavy atom. The monoisotopic (exact) mass is 289 g/mol. The van der Waals surface area contributed by atoms with E-state index in [-0.39, 0.29) is 18.9 Å². The molecule has 1 unspecified atom stereocenters. The van der Waals surface area contributed by atoms with E-state index in [1.807, 2.05) is 0 Å². The average Bonchev–Trinajstić information content (AvgIpc) is 2.90. The van der Waals surface area contributed by atoms with Gasteiger partial charge in [-0.2, -0.15) is 5.10 Å². The second-order valence-corrected chi connectivity index (χ2v) is 5.26. The molecule has 1 saturated heterocycles. The van der Waals surface area contributed by atoms with Gasteiger partial charge in [-0.15, -0.1) is 0 Å². The van der Waals surface area contributed by atoms with Crippen LogP contribution in [0.5, 0.6) is 0 Å². The van der Waals surface area contributed by atoms with Crippen LogP contribution < -0.4 is 0 Å². The van der Waals surface area contributed by atoms with Gasteiger partial charge in [0.25, 0.3) is 5.91 Å². The summed E-state index contributed by atoms with van der Waals surface area (Å²) in [6.45, 7) is 0.226. The molecule has 0 spiro atoms. The van der Waals surface area contributed by atoms with Crippen molar-refractivity contribution in [3.8, 4) is 0 Å². The van der Waals surface area contributed by atoms with E-state index >= 15 is 0 Å². The normalized spacial score (nSPS) is 22.4. The van der Waals surface area contributed by atoms with Gasteiger partial charge >= 0.3 is 5.97 Å². The second kappa shape index (κ2) is 4.85. The number of piperidine rings is 1. The number of hydrogen-bond acceptors (Lipinski definition) is 4. The molecule has 2 N–H and O–H groups in total. The van der Waals surface area contributed by atoms with Crippen molar-refractivity contribution >= 4 is 17.4 Å². The third-order valence-corrected chi connectivity index (χ3v) is 3.81. The van der Waals surface area contributed by atoms with Gasteiger partial charge in [-0.3, -0.25) is 4.79 Å². The summed E-state index contributed by atoms with van der Waals surface area (Å²) in [4.78, 5) is 25.1. The lowest BCUT2D eigenvalue weighted by Crippen LogP contribution is -2.54. The number of carbonyl (C=O) groups is 2. The zero-order chi connectivity index (χ0) is 15.0. The summed E-state index contributed by atoms with van der Waals surface area (Å²) in [6.07, 6.45) is 3.80. The number of fused-ring (bicyclic) bond motifs is 1. The standard InChI is InChI=1S/C14H15N3O4/c18-12(10-8-15-17-7-2-1-4-11(10)17)16-6-3-5-14(21,9-16)13(19)20/h1-2,4,7-8,21H,3,5-6,9H2,(H,19,20). The van der Waals surface area contributed by atoms with Crippen LogP contribution in [0.4, 0.5) is 0 Å². The zero-order valence-corrected chi connectivity index (χ0v) is 11.3. The number of amides is 1. The molecular weight excluding hydrogens is 274 g/mol. The molecule has 1 fully saturated rings. The highest BCUT2D eigenvalue weighted by atomic mass is 16.4. The SMILES string of the molecule is O=C(c1cnn2ccccc12)N1CCCC(O)(C(=O)O)C1. The highest BCUT2D eigenvalue weighted by Crippen LogP contribution is 2.24. The maximum absolute atomic E-state index is 12.6. The first-order chi connectivity index (χ1) is 10.0. The van der Waals surface area contributed by atoms with E-state index in [9.17, 15) is 14.7 Å². The lowest BCUT2D eigenvalue weighted by Gasteiger charge is -2.36. The zero-order valence-electron chi connectivity index (χ0n) is 11.3. The number of aromatic nitrogens is 2. The summed E-state index contributed by atoms with van der Waals surface area (Å²) < 4.78 is 1.58. The Morgan fingerprint density at radius 1 is 1.33 bits per heavy atom. The van der Waals surface area contributed by atoms with Gasteiger partial charge in [-0.1, -0.05) is 6.07 Å². The van der Waals surface area contributed by atoms with Crippen LogP contribution >= 0.6 is 0 Å². The van der Waals surface area contributed by atoms with Crippen molar-refractivity contribution in [3.63, 3.8) is 0 Å². The summed E-state index contributed by atoms with van der Waals surface area (Å²) in [5.74, 6) is -1.60. The van der Waals surface area contributed by atoms with Crippen molar-refractivity contribution in [1.82, 2.24) is 14.5 Å². The van der Waals surface area contributed by atoms with Crippen molar-refractivity contribution in [2.45, 2.75) is 18.4 Å². The predicted octanol–water partition coefficient (Wildman–Crippen LogP) is 0.386. The van der Waals surface area contributed by atoms with E-state index < -0.39 is 11.6 Å². The number of pyridine rings is 1. The molecule has 1 amide bonds. The third-order valence-electron chi connectivity index (χ3n) is 3.81. The molecule has 0 aromatic carbocycles. The minimum Gasteiger partial charge on any atom is -0.479 e. The Labute approximate surface area is 120 Å². The van der Waals surface area contributed by atoms with Gasteiger partial charge in [0, 0.05) is 12.7 Å². The molecule has 7 heteroatoms. The summed E-state index contributed by atoms with van der Waals surface area (Å²) in [5.41, 5.74) is -0.797. The van der Waals surface area contributed by atoms with Gasteiger partial charge in [0.15, 0.2) is 5.60 Å². The number of likely N-dealkylation sites (tertiary alicyclic amines) is 1. The smallest absolute Gasteiger partial charge is 0.337 e. The van der Waals surface area contributed by atoms with Crippen molar-refractivity contribution in [2.75, 3.05) is 13.1 Å². The van der Waals surface area contributed by atoms with Crippen molar-refractivity contribution in [3.05, 3.63) is 36.2 Å². The Bertz CT molecular complexity index is 711. The quantitative estimate of drug-likeness (QED) is 0.833. The molecular formula is C14H15N3O4. The fraction of sp³-hybridized carbons (Fsp3) is 0.357. The minimum atomic E-state index is -1.86. The Kier molecular flexibility index (Phi) is 3.13. The fourth-order valence-corrected chi connectivity index (χ4v) is 2.65. The molecule has 0 radical (unpaired) electrons. The molecule has 110 valence electrons. The highest BCUT2D eigenvalue weighted by molar-refractivity contribution is 6.01. The number of β-amino-alcohol motifs (C(OH)–C–C–N with tert-alkyl or cyclic N) is 1. The number of hydrogen-bond donors (Lipinski definition) is 2. The lowest BCUT2D eigenvalue weighted by molar-refractivity contribution is -0.163. The van der Waals surface area contributed by atoms with Crippen LogP contribution in [0.2, 0.25) is 0 Å².